The highest BCUT2D eigenvalue weighted by Gasteiger charge is 2.47. The van der Waals surface area contributed by atoms with Crippen molar-refractivity contribution in [3.05, 3.63) is 81.9 Å². The Kier molecular flexibility index (Phi) is 7.31. The molecule has 1 amide bonds. The summed E-state index contributed by atoms with van der Waals surface area (Å²) in [5.41, 5.74) is 1.47. The van der Waals surface area contributed by atoms with Gasteiger partial charge in [0.2, 0.25) is 0 Å². The number of fused-ring (bicyclic) bond motifs is 1. The Labute approximate surface area is 225 Å². The molecular weight excluding hydrogens is 512 g/mol. The van der Waals surface area contributed by atoms with Crippen molar-refractivity contribution in [2.45, 2.75) is 43.9 Å². The van der Waals surface area contributed by atoms with E-state index in [1.54, 1.807) is 0 Å². The third-order valence-electron chi connectivity index (χ3n) is 7.39. The molecule has 38 heavy (non-hydrogen) atoms. The van der Waals surface area contributed by atoms with Crippen LogP contribution in [-0.4, -0.2) is 43.4 Å². The average Bonchev–Trinajstić information content (AvgIpc) is 3.58. The summed E-state index contributed by atoms with van der Waals surface area (Å²) in [5, 5.41) is 19.1. The van der Waals surface area contributed by atoms with Gasteiger partial charge in [0, 0.05) is 36.3 Å². The van der Waals surface area contributed by atoms with E-state index >= 15 is 8.78 Å². The van der Waals surface area contributed by atoms with Crippen molar-refractivity contribution in [3.63, 3.8) is 0 Å². The number of aliphatic hydroxyl groups is 1. The summed E-state index contributed by atoms with van der Waals surface area (Å²) in [6.45, 7) is 2.22. The highest BCUT2D eigenvalue weighted by Crippen LogP contribution is 2.51. The zero-order chi connectivity index (χ0) is 27.0. The molecule has 0 saturated carbocycles. The zero-order valence-corrected chi connectivity index (χ0v) is 22.0. The summed E-state index contributed by atoms with van der Waals surface area (Å²) in [7, 11) is 1.44. The summed E-state index contributed by atoms with van der Waals surface area (Å²) in [6.07, 6.45) is 1.46. The lowest BCUT2D eigenvalue weighted by molar-refractivity contribution is 0.0962. The third kappa shape index (κ3) is 4.51. The summed E-state index contributed by atoms with van der Waals surface area (Å²) < 4.78 is 37.0. The molecule has 3 aromatic rings. The second-order valence-corrected chi connectivity index (χ2v) is 10.3. The van der Waals surface area contributed by atoms with E-state index in [4.69, 9.17) is 16.3 Å². The monoisotopic (exact) mass is 541 g/mol. The number of hydrogen-bond acceptors (Lipinski definition) is 5. The lowest BCUT2D eigenvalue weighted by Crippen LogP contribution is -2.50. The number of amides is 1. The van der Waals surface area contributed by atoms with Crippen molar-refractivity contribution in [2.24, 2.45) is 0 Å². The van der Waals surface area contributed by atoms with Gasteiger partial charge < -0.3 is 25.8 Å². The lowest BCUT2D eigenvalue weighted by atomic mass is 9.78. The highest BCUT2D eigenvalue weighted by atomic mass is 35.5. The molecule has 0 bridgehead atoms. The zero-order valence-electron chi connectivity index (χ0n) is 21.2. The Morgan fingerprint density at radius 1 is 1.24 bits per heavy atom. The van der Waals surface area contributed by atoms with E-state index in [2.05, 4.69) is 16.0 Å². The summed E-state index contributed by atoms with van der Waals surface area (Å²) in [6, 6.07) is 14.0. The van der Waals surface area contributed by atoms with E-state index in [9.17, 15) is 9.90 Å². The molecule has 3 atom stereocenters. The number of rotatable bonds is 7. The van der Waals surface area contributed by atoms with Gasteiger partial charge in [-0.3, -0.25) is 4.79 Å². The van der Waals surface area contributed by atoms with Gasteiger partial charge in [0.25, 0.3) is 5.91 Å². The first-order chi connectivity index (χ1) is 18.3. The van der Waals surface area contributed by atoms with Crippen LogP contribution >= 0.6 is 11.6 Å². The number of halogens is 3. The fraction of sp³-hybridized carbons (Fsp3) is 0.345. The highest BCUT2D eigenvalue weighted by molar-refractivity contribution is 6.34. The van der Waals surface area contributed by atoms with Crippen molar-refractivity contribution >= 4 is 23.2 Å². The molecule has 5 rings (SSSR count). The van der Waals surface area contributed by atoms with Crippen LogP contribution in [0.4, 0.5) is 14.5 Å². The molecule has 3 aromatic carbocycles. The van der Waals surface area contributed by atoms with Gasteiger partial charge in [-0.25, -0.2) is 8.78 Å². The quantitative estimate of drug-likeness (QED) is 0.338. The van der Waals surface area contributed by atoms with Crippen LogP contribution in [0.5, 0.6) is 5.75 Å². The van der Waals surface area contributed by atoms with Crippen LogP contribution in [-0.2, 0) is 12.0 Å². The van der Waals surface area contributed by atoms with Crippen LogP contribution in [0.15, 0.2) is 48.5 Å². The van der Waals surface area contributed by atoms with E-state index in [0.717, 1.165) is 24.9 Å². The Hall–Kier alpha value is -3.20. The van der Waals surface area contributed by atoms with E-state index in [-0.39, 0.29) is 40.1 Å². The minimum Gasteiger partial charge on any atom is -0.488 e. The molecule has 1 saturated heterocycles. The van der Waals surface area contributed by atoms with Crippen LogP contribution in [0.3, 0.4) is 0 Å². The molecule has 0 spiro atoms. The van der Waals surface area contributed by atoms with Gasteiger partial charge in [0.1, 0.15) is 12.4 Å². The normalized spacial score (nSPS) is 21.1. The van der Waals surface area contributed by atoms with E-state index < -0.39 is 29.2 Å². The number of hydrogen-bond donors (Lipinski definition) is 4. The minimum atomic E-state index is -0.849. The first-order valence-electron chi connectivity index (χ1n) is 12.7. The predicted molar refractivity (Wildman–Crippen MR) is 144 cm³/mol. The molecule has 0 aromatic heterocycles. The van der Waals surface area contributed by atoms with Crippen molar-refractivity contribution in [3.8, 4) is 16.9 Å². The molecule has 6 nitrogen and oxygen atoms in total. The maximum Gasteiger partial charge on any atom is 0.251 e. The molecule has 0 radical (unpaired) electrons. The van der Waals surface area contributed by atoms with Crippen LogP contribution in [0.2, 0.25) is 5.02 Å². The van der Waals surface area contributed by atoms with Crippen molar-refractivity contribution in [1.82, 2.24) is 10.6 Å². The second-order valence-electron chi connectivity index (χ2n) is 9.90. The smallest absolute Gasteiger partial charge is 0.251 e. The van der Waals surface area contributed by atoms with Crippen molar-refractivity contribution < 1.29 is 23.4 Å². The number of anilines is 1. The Morgan fingerprint density at radius 3 is 2.66 bits per heavy atom. The van der Waals surface area contributed by atoms with Gasteiger partial charge in [0.15, 0.2) is 11.6 Å². The average molecular weight is 542 g/mol. The number of aliphatic hydroxyl groups excluding tert-OH is 1. The van der Waals surface area contributed by atoms with E-state index in [0.29, 0.717) is 17.7 Å². The van der Waals surface area contributed by atoms with Crippen LogP contribution in [0.1, 0.15) is 41.3 Å². The molecule has 1 fully saturated rings. The van der Waals surface area contributed by atoms with Gasteiger partial charge in [-0.2, -0.15) is 0 Å². The third-order valence-corrected chi connectivity index (χ3v) is 7.76. The lowest BCUT2D eigenvalue weighted by Gasteiger charge is -2.37. The van der Waals surface area contributed by atoms with Crippen LogP contribution < -0.4 is 20.7 Å². The summed E-state index contributed by atoms with van der Waals surface area (Å²) >= 11 is 6.58. The Bertz CT molecular complexity index is 1360. The predicted octanol–water partition coefficient (Wildman–Crippen LogP) is 5.02. The molecule has 2 aliphatic rings. The van der Waals surface area contributed by atoms with Crippen LogP contribution in [0, 0.1) is 11.6 Å². The topological polar surface area (TPSA) is 82.6 Å². The SMILES string of the molecule is CNC(=O)c1ccc(OC[C@H](C)O)c(F)c1-c1c(Cl)c(F)cc2c1C[C@](c1ccccc1)([C@@H]1CCCN1)N2. The fourth-order valence-electron chi connectivity index (χ4n) is 5.66. The number of ether oxygens (including phenoxy) is 1. The molecule has 9 heteroatoms. The molecule has 4 N–H and O–H groups in total. The molecule has 0 aliphatic carbocycles. The van der Waals surface area contributed by atoms with Gasteiger partial charge in [-0.15, -0.1) is 0 Å². The molecule has 2 heterocycles. The second kappa shape index (κ2) is 10.5. The fourth-order valence-corrected chi connectivity index (χ4v) is 5.92. The summed E-state index contributed by atoms with van der Waals surface area (Å²) in [4.78, 5) is 12.9. The maximum atomic E-state index is 16.2. The Morgan fingerprint density at radius 2 is 2.00 bits per heavy atom. The molecule has 200 valence electrons. The van der Waals surface area contributed by atoms with Crippen LogP contribution in [0.25, 0.3) is 11.1 Å². The molecule has 2 aliphatic heterocycles. The minimum absolute atomic E-state index is 0.000277. The van der Waals surface area contributed by atoms with E-state index in [1.807, 2.05) is 30.3 Å². The Balaban J connectivity index is 1.73. The summed E-state index contributed by atoms with van der Waals surface area (Å²) in [5.74, 6) is -2.29. The number of carbonyl (C=O) groups excluding carboxylic acids is 1. The first-order valence-corrected chi connectivity index (χ1v) is 13.1. The molecule has 0 unspecified atom stereocenters. The van der Waals surface area contributed by atoms with Crippen molar-refractivity contribution in [2.75, 3.05) is 25.5 Å². The van der Waals surface area contributed by atoms with Gasteiger partial charge in [-0.05, 0) is 55.6 Å². The van der Waals surface area contributed by atoms with Gasteiger partial charge in [0.05, 0.1) is 22.2 Å². The first kappa shape index (κ1) is 26.4. The van der Waals surface area contributed by atoms with Gasteiger partial charge >= 0.3 is 0 Å². The molecular formula is C29H30ClF2N3O3. The number of benzene rings is 3. The van der Waals surface area contributed by atoms with E-state index in [1.165, 1.54) is 32.2 Å². The standard InChI is InChI=1S/C29H30ClF2N3O3/c1-16(36)15-38-22-11-10-18(28(37)33-2)25(27(22)32)24-19-14-29(23-9-6-12-34-23,17-7-4-3-5-8-17)35-21(19)13-20(31)26(24)30/h3-5,7-8,10-11,13,16,23,34-36H,6,9,12,14-15H2,1-2H3,(H,33,37)/t16-,23-,29-/m0/s1. The van der Waals surface area contributed by atoms with Gasteiger partial charge in [-0.1, -0.05) is 41.9 Å². The number of carbonyl (C=O) groups is 1. The largest absolute Gasteiger partial charge is 0.488 e. The number of nitrogens with one attached hydrogen (secondary N) is 3. The van der Waals surface area contributed by atoms with Crippen molar-refractivity contribution in [1.29, 1.82) is 0 Å². The maximum absolute atomic E-state index is 16.2.